The molecule has 3 aromatic carbocycles. The van der Waals surface area contributed by atoms with Crippen molar-refractivity contribution in [2.75, 3.05) is 62.7 Å². The smallest absolute Gasteiger partial charge is 0.268 e. The highest BCUT2D eigenvalue weighted by Gasteiger charge is 2.44. The second-order valence-corrected chi connectivity index (χ2v) is 20.9. The van der Waals surface area contributed by atoms with E-state index in [1.54, 1.807) is 12.1 Å². The number of ether oxygens (including phenoxy) is 3. The van der Waals surface area contributed by atoms with Gasteiger partial charge >= 0.3 is 0 Å². The summed E-state index contributed by atoms with van der Waals surface area (Å²) in [5, 5.41) is 16.7. The number of carbonyl (C=O) groups is 1. The van der Waals surface area contributed by atoms with Gasteiger partial charge in [-0.25, -0.2) is 17.5 Å². The second kappa shape index (κ2) is 18.6. The van der Waals surface area contributed by atoms with Gasteiger partial charge in [-0.1, -0.05) is 38.1 Å². The minimum Gasteiger partial charge on any atom is -0.467 e. The molecule has 1 aliphatic carbocycles. The number of pyridine rings is 1. The number of hydrogen-bond acceptors (Lipinski definition) is 13. The fourth-order valence-electron chi connectivity index (χ4n) is 9.79. The van der Waals surface area contributed by atoms with Crippen LogP contribution in [0.4, 0.5) is 21.5 Å². The average Bonchev–Trinajstić information content (AvgIpc) is 3.64. The molecular weight excluding hydrogens is 866 g/mol. The number of rotatable bonds is 16. The molecule has 66 heavy (non-hydrogen) atoms. The lowest BCUT2D eigenvalue weighted by Crippen LogP contribution is -2.60. The first kappa shape index (κ1) is 45.5. The molecule has 0 unspecified atom stereocenters. The number of benzene rings is 3. The van der Waals surface area contributed by atoms with Gasteiger partial charge in [0.15, 0.2) is 5.75 Å². The number of carbonyl (C=O) groups excluding carboxylic acids is 1. The van der Waals surface area contributed by atoms with Gasteiger partial charge in [-0.2, -0.15) is 4.98 Å². The maximum Gasteiger partial charge on any atom is 0.268 e. The van der Waals surface area contributed by atoms with Crippen LogP contribution in [0.1, 0.15) is 86.7 Å². The SMILES string of the molecule is CC(C)c1ccccc1CCN1CC2(CCN(c3ccc(C(=O)NS(=O)(=O)c4ccc(NC[C@H]5CC[C@](C)(O)CC5)c(N=O)c4)c(Oc4cc5c(F)c[nH]c5nc4OC4COC4)c3)CC2)C1. The summed E-state index contributed by atoms with van der Waals surface area (Å²) in [6.45, 7) is 12.1. The highest BCUT2D eigenvalue weighted by atomic mass is 32.2. The minimum atomic E-state index is -4.54. The molecule has 17 heteroatoms. The molecule has 3 saturated heterocycles. The van der Waals surface area contributed by atoms with Gasteiger partial charge < -0.3 is 39.4 Å². The first-order valence-electron chi connectivity index (χ1n) is 23.0. The molecule has 3 aliphatic heterocycles. The number of hydrogen-bond donors (Lipinski definition) is 4. The Balaban J connectivity index is 0.929. The molecule has 1 amide bonds. The fraction of sp³-hybridized carbons (Fsp3) is 0.469. The summed E-state index contributed by atoms with van der Waals surface area (Å²) in [7, 11) is -4.54. The van der Waals surface area contributed by atoms with Crippen LogP contribution in [0.2, 0.25) is 0 Å². The van der Waals surface area contributed by atoms with Crippen LogP contribution in [0.3, 0.4) is 0 Å². The highest BCUT2D eigenvalue weighted by Crippen LogP contribution is 2.43. The highest BCUT2D eigenvalue weighted by molar-refractivity contribution is 7.90. The van der Waals surface area contributed by atoms with Crippen molar-refractivity contribution in [1.82, 2.24) is 19.6 Å². The first-order valence-corrected chi connectivity index (χ1v) is 24.4. The van der Waals surface area contributed by atoms with Crippen molar-refractivity contribution in [3.8, 4) is 17.4 Å². The number of aromatic nitrogens is 2. The van der Waals surface area contributed by atoms with Crippen LogP contribution in [0, 0.1) is 22.1 Å². The van der Waals surface area contributed by atoms with Crippen molar-refractivity contribution in [3.63, 3.8) is 0 Å². The summed E-state index contributed by atoms with van der Waals surface area (Å²) in [5.41, 5.74) is 3.48. The van der Waals surface area contributed by atoms with Crippen LogP contribution in [0.25, 0.3) is 11.0 Å². The molecule has 0 atom stereocenters. The lowest BCUT2D eigenvalue weighted by atomic mass is 9.71. The summed E-state index contributed by atoms with van der Waals surface area (Å²) in [6.07, 6.45) is 6.78. The zero-order chi connectivity index (χ0) is 46.2. The number of nitrogens with one attached hydrogen (secondary N) is 3. The van der Waals surface area contributed by atoms with E-state index in [-0.39, 0.29) is 62.0 Å². The number of aliphatic hydroxyl groups is 1. The number of halogens is 1. The van der Waals surface area contributed by atoms with Gasteiger partial charge in [-0.3, -0.25) is 4.79 Å². The van der Waals surface area contributed by atoms with Crippen molar-refractivity contribution < 1.29 is 36.9 Å². The van der Waals surface area contributed by atoms with Gasteiger partial charge in [0.05, 0.1) is 40.3 Å². The minimum absolute atomic E-state index is 0.00260. The monoisotopic (exact) mass is 923 g/mol. The van der Waals surface area contributed by atoms with Crippen LogP contribution in [-0.4, -0.2) is 98.5 Å². The third-order valence-electron chi connectivity index (χ3n) is 13.9. The Kier molecular flexibility index (Phi) is 12.8. The maximum atomic E-state index is 15.0. The molecule has 0 radical (unpaired) electrons. The summed E-state index contributed by atoms with van der Waals surface area (Å²) in [6, 6.07) is 19.0. The molecule has 5 aromatic rings. The van der Waals surface area contributed by atoms with Crippen LogP contribution in [0.5, 0.6) is 17.4 Å². The number of piperidine rings is 1. The van der Waals surface area contributed by atoms with Crippen LogP contribution in [-0.2, 0) is 21.2 Å². The molecule has 5 heterocycles. The van der Waals surface area contributed by atoms with Crippen molar-refractivity contribution in [2.45, 2.75) is 88.2 Å². The van der Waals surface area contributed by atoms with Crippen molar-refractivity contribution in [2.24, 2.45) is 16.5 Å². The average molecular weight is 924 g/mol. The summed E-state index contributed by atoms with van der Waals surface area (Å²) >= 11 is 0. The maximum absolute atomic E-state index is 15.0. The molecule has 15 nitrogen and oxygen atoms in total. The number of aromatic amines is 1. The van der Waals surface area contributed by atoms with Crippen LogP contribution < -0.4 is 24.4 Å². The first-order chi connectivity index (χ1) is 31.7. The van der Waals surface area contributed by atoms with Crippen LogP contribution >= 0.6 is 0 Å². The van der Waals surface area contributed by atoms with E-state index in [4.69, 9.17) is 14.2 Å². The van der Waals surface area contributed by atoms with E-state index in [9.17, 15) is 27.6 Å². The number of sulfonamides is 1. The lowest BCUT2D eigenvalue weighted by molar-refractivity contribution is -0.0818. The molecule has 4 N–H and O–H groups in total. The molecule has 0 bridgehead atoms. The van der Waals surface area contributed by atoms with Crippen LogP contribution in [0.15, 0.2) is 83.0 Å². The quantitative estimate of drug-likeness (QED) is 0.0694. The van der Waals surface area contributed by atoms with E-state index in [1.165, 1.54) is 41.6 Å². The van der Waals surface area contributed by atoms with E-state index in [2.05, 4.69) is 73.1 Å². The number of H-pyrrole nitrogens is 1. The number of anilines is 2. The topological polar surface area (TPSA) is 188 Å². The van der Waals surface area contributed by atoms with Gasteiger partial charge in [-0.05, 0) is 116 Å². The normalized spacial score (nSPS) is 21.1. The summed E-state index contributed by atoms with van der Waals surface area (Å²) in [5.74, 6) is -0.745. The van der Waals surface area contributed by atoms with Crippen molar-refractivity contribution in [3.05, 3.63) is 100 Å². The third-order valence-corrected chi connectivity index (χ3v) is 15.2. The predicted molar refractivity (Wildman–Crippen MR) is 250 cm³/mol. The number of amides is 1. The zero-order valence-electron chi connectivity index (χ0n) is 37.6. The third kappa shape index (κ3) is 9.89. The molecule has 4 fully saturated rings. The molecule has 4 aliphatic rings. The predicted octanol–water partition coefficient (Wildman–Crippen LogP) is 8.41. The Bertz CT molecular complexity index is 2700. The second-order valence-electron chi connectivity index (χ2n) is 19.2. The van der Waals surface area contributed by atoms with Gasteiger partial charge in [0, 0.05) is 63.3 Å². The standard InChI is InChI=1S/C49H58FN7O8S/c1-31(2)37-7-5-4-6-33(37)14-19-56-29-49(30-56)17-20-57(21-18-49)34-8-10-38(43(22-34)65-44-24-39-40(50)26-52-45(39)53-47(44)64-35-27-63-28-35)46(58)55-66(61,62)36-9-11-41(42(23-36)54-60)51-25-32-12-15-48(3,59)16-13-32/h4-11,22-24,26,31-32,35,51,59H,12-21,25,27-30H2,1-3H3,(H,52,53)(H,55,58)/t32-,48-. The Morgan fingerprint density at radius 3 is 2.50 bits per heavy atom. The van der Waals surface area contributed by atoms with Gasteiger partial charge in [0.25, 0.3) is 21.8 Å². The molecule has 1 spiro atoms. The van der Waals surface area contributed by atoms with Gasteiger partial charge in [0.1, 0.15) is 29.0 Å². The molecule has 9 rings (SSSR count). The van der Waals surface area contributed by atoms with E-state index in [1.807, 2.05) is 6.92 Å². The lowest BCUT2D eigenvalue weighted by Gasteiger charge is -2.54. The molecular formula is C49H58FN7O8S. The fourth-order valence-corrected chi connectivity index (χ4v) is 10.8. The zero-order valence-corrected chi connectivity index (χ0v) is 38.5. The van der Waals surface area contributed by atoms with E-state index >= 15 is 0 Å². The Hall–Kier alpha value is -5.62. The van der Waals surface area contributed by atoms with E-state index in [0.717, 1.165) is 76.6 Å². The molecule has 350 valence electrons. The number of nitrogens with zero attached hydrogens (tertiary/aromatic N) is 4. The number of likely N-dealkylation sites (tertiary alicyclic amines) is 1. The van der Waals surface area contributed by atoms with E-state index < -0.39 is 27.3 Å². The largest absolute Gasteiger partial charge is 0.467 e. The summed E-state index contributed by atoms with van der Waals surface area (Å²) in [4.78, 5) is 37.8. The number of nitroso groups, excluding NO2 is 1. The molecule has 2 aromatic heterocycles. The molecule has 1 saturated carbocycles. The Morgan fingerprint density at radius 2 is 1.79 bits per heavy atom. The summed E-state index contributed by atoms with van der Waals surface area (Å²) < 4.78 is 62.6. The number of fused-ring (bicyclic) bond motifs is 1. The van der Waals surface area contributed by atoms with Gasteiger partial charge in [0.2, 0.25) is 0 Å². The Morgan fingerprint density at radius 1 is 1.03 bits per heavy atom. The van der Waals surface area contributed by atoms with Gasteiger partial charge in [-0.15, -0.1) is 4.91 Å². The van der Waals surface area contributed by atoms with Crippen molar-refractivity contribution >= 4 is 44.0 Å². The van der Waals surface area contributed by atoms with E-state index in [0.29, 0.717) is 44.2 Å². The Labute approximate surface area is 384 Å². The van der Waals surface area contributed by atoms with Crippen molar-refractivity contribution in [1.29, 1.82) is 0 Å².